The summed E-state index contributed by atoms with van der Waals surface area (Å²) < 4.78 is 0. The molecule has 4 aliphatic carbocycles. The van der Waals surface area contributed by atoms with Gasteiger partial charge in [-0.15, -0.1) is 0 Å². The Morgan fingerprint density at radius 3 is 2.58 bits per heavy atom. The quantitative estimate of drug-likeness (QED) is 0.412. The fraction of sp³-hybridized carbons (Fsp3) is 0.686. The monoisotopic (exact) mass is 483 g/mol. The van der Waals surface area contributed by atoms with E-state index in [2.05, 4.69) is 71.9 Å². The molecule has 1 nitrogen and oxygen atoms in total. The van der Waals surface area contributed by atoms with Gasteiger partial charge in [-0.05, 0) is 115 Å². The van der Waals surface area contributed by atoms with E-state index >= 15 is 0 Å². The average Bonchev–Trinajstić information content (AvgIpc) is 3.21. The fourth-order valence-electron chi connectivity index (χ4n) is 10.2. The van der Waals surface area contributed by atoms with Crippen LogP contribution in [0.25, 0.3) is 16.5 Å². The summed E-state index contributed by atoms with van der Waals surface area (Å²) in [7, 11) is 0. The van der Waals surface area contributed by atoms with E-state index in [-0.39, 0.29) is 0 Å². The second-order valence-corrected chi connectivity index (χ2v) is 14.3. The average molecular weight is 484 g/mol. The summed E-state index contributed by atoms with van der Waals surface area (Å²) in [5.74, 6) is 5.36. The van der Waals surface area contributed by atoms with Gasteiger partial charge in [0, 0.05) is 16.6 Å². The Morgan fingerprint density at radius 2 is 1.78 bits per heavy atom. The van der Waals surface area contributed by atoms with Crippen LogP contribution in [0.15, 0.2) is 30.3 Å². The zero-order chi connectivity index (χ0) is 25.2. The molecule has 194 valence electrons. The van der Waals surface area contributed by atoms with Crippen molar-refractivity contribution in [1.29, 1.82) is 0 Å². The van der Waals surface area contributed by atoms with E-state index in [9.17, 15) is 0 Å². The van der Waals surface area contributed by atoms with Gasteiger partial charge in [-0.25, -0.2) is 0 Å². The molecule has 1 heterocycles. The highest BCUT2D eigenvalue weighted by atomic mass is 14.7. The van der Waals surface area contributed by atoms with Crippen LogP contribution in [-0.4, -0.2) is 4.98 Å². The van der Waals surface area contributed by atoms with E-state index in [0.29, 0.717) is 10.8 Å². The van der Waals surface area contributed by atoms with Crippen molar-refractivity contribution in [2.45, 2.75) is 106 Å². The first-order valence-corrected chi connectivity index (χ1v) is 15.3. The van der Waals surface area contributed by atoms with Gasteiger partial charge in [0.15, 0.2) is 0 Å². The van der Waals surface area contributed by atoms with Gasteiger partial charge in [-0.1, -0.05) is 78.2 Å². The number of allylic oxidation sites excluding steroid dienone is 2. The molecular formula is C35H49N. The number of rotatable bonds is 5. The Labute approximate surface area is 220 Å². The Bertz CT molecular complexity index is 1170. The molecule has 0 N–H and O–H groups in total. The van der Waals surface area contributed by atoms with Crippen molar-refractivity contribution in [3.05, 3.63) is 47.2 Å². The molecule has 1 aromatic heterocycles. The molecule has 0 unspecified atom stereocenters. The van der Waals surface area contributed by atoms with Gasteiger partial charge in [0.1, 0.15) is 0 Å². The second kappa shape index (κ2) is 8.99. The first kappa shape index (κ1) is 24.7. The highest BCUT2D eigenvalue weighted by Crippen LogP contribution is 2.68. The van der Waals surface area contributed by atoms with Crippen molar-refractivity contribution in [2.24, 2.45) is 46.3 Å². The highest BCUT2D eigenvalue weighted by molar-refractivity contribution is 5.90. The number of pyridine rings is 1. The SMILES string of the molecule is Cc1c2c(nc3ccccc13)CC[C@@]1(C)C2=CC[C@H]2[C@@H]3CC[C@H]([C@H](C)CCCC(C)C)[C@@]3(C)CC[C@@H]21. The Balaban J connectivity index is 1.30. The van der Waals surface area contributed by atoms with E-state index in [1.807, 2.05) is 0 Å². The zero-order valence-corrected chi connectivity index (χ0v) is 23.9. The van der Waals surface area contributed by atoms with Crippen molar-refractivity contribution < 1.29 is 0 Å². The van der Waals surface area contributed by atoms with Crippen molar-refractivity contribution in [3.63, 3.8) is 0 Å². The summed E-state index contributed by atoms with van der Waals surface area (Å²) >= 11 is 0. The third kappa shape index (κ3) is 3.65. The Hall–Kier alpha value is -1.63. The third-order valence-electron chi connectivity index (χ3n) is 12.0. The maximum Gasteiger partial charge on any atom is 0.0708 e. The van der Waals surface area contributed by atoms with Crippen LogP contribution in [0.2, 0.25) is 0 Å². The maximum atomic E-state index is 5.19. The van der Waals surface area contributed by atoms with Gasteiger partial charge in [-0.2, -0.15) is 0 Å². The minimum atomic E-state index is 0.326. The fourth-order valence-corrected chi connectivity index (χ4v) is 10.2. The maximum absolute atomic E-state index is 5.19. The molecule has 2 fully saturated rings. The van der Waals surface area contributed by atoms with Crippen LogP contribution in [0, 0.1) is 53.3 Å². The largest absolute Gasteiger partial charge is 0.252 e. The summed E-state index contributed by atoms with van der Waals surface area (Å²) in [6, 6.07) is 8.80. The molecule has 6 rings (SSSR count). The summed E-state index contributed by atoms with van der Waals surface area (Å²) in [4.78, 5) is 5.19. The lowest BCUT2D eigenvalue weighted by Crippen LogP contribution is -2.50. The molecule has 36 heavy (non-hydrogen) atoms. The summed E-state index contributed by atoms with van der Waals surface area (Å²) in [6.07, 6.45) is 16.6. The molecule has 1 heteroatoms. The molecule has 2 saturated carbocycles. The lowest BCUT2D eigenvalue weighted by molar-refractivity contribution is -0.0393. The van der Waals surface area contributed by atoms with Crippen LogP contribution in [-0.2, 0) is 6.42 Å². The minimum Gasteiger partial charge on any atom is -0.252 e. The van der Waals surface area contributed by atoms with Gasteiger partial charge < -0.3 is 0 Å². The number of nitrogens with zero attached hydrogens (tertiary/aromatic N) is 1. The van der Waals surface area contributed by atoms with Crippen LogP contribution < -0.4 is 0 Å². The number of fused-ring (bicyclic) bond motifs is 8. The normalized spacial score (nSPS) is 36.1. The molecular weight excluding hydrogens is 434 g/mol. The molecule has 4 aliphatic rings. The smallest absolute Gasteiger partial charge is 0.0708 e. The van der Waals surface area contributed by atoms with Gasteiger partial charge in [0.25, 0.3) is 0 Å². The number of aromatic nitrogens is 1. The summed E-state index contributed by atoms with van der Waals surface area (Å²) in [5.41, 5.74) is 8.11. The molecule has 0 saturated heterocycles. The topological polar surface area (TPSA) is 12.9 Å². The van der Waals surface area contributed by atoms with E-state index in [1.54, 1.807) is 5.57 Å². The van der Waals surface area contributed by atoms with Crippen molar-refractivity contribution in [1.82, 2.24) is 4.98 Å². The van der Waals surface area contributed by atoms with Crippen LogP contribution >= 0.6 is 0 Å². The molecule has 0 spiro atoms. The van der Waals surface area contributed by atoms with Crippen molar-refractivity contribution in [3.8, 4) is 0 Å². The number of hydrogen-bond acceptors (Lipinski definition) is 1. The molecule has 0 amide bonds. The second-order valence-electron chi connectivity index (χ2n) is 14.3. The zero-order valence-electron chi connectivity index (χ0n) is 23.9. The van der Waals surface area contributed by atoms with E-state index in [1.165, 1.54) is 85.5 Å². The van der Waals surface area contributed by atoms with Crippen molar-refractivity contribution >= 4 is 16.5 Å². The van der Waals surface area contributed by atoms with Gasteiger partial charge >= 0.3 is 0 Å². The van der Waals surface area contributed by atoms with Crippen LogP contribution in [0.4, 0.5) is 0 Å². The van der Waals surface area contributed by atoms with E-state index in [0.717, 1.165) is 41.9 Å². The lowest BCUT2D eigenvalue weighted by Gasteiger charge is -2.58. The standard InChI is InChI=1S/C35H49N/c1-22(2)10-9-11-23(3)27-16-17-28-26-14-15-30-33-24(4)25-12-7-8-13-31(25)36-32(33)19-21-35(30,6)29(26)18-20-34(27,28)5/h7-8,12-13,15,22-23,26-29H,9-11,14,16-21H2,1-6H3/t23-,26+,27-,28+,29+,34-,35-/m1/s1. The van der Waals surface area contributed by atoms with E-state index < -0.39 is 0 Å². The highest BCUT2D eigenvalue weighted by Gasteiger charge is 2.59. The third-order valence-corrected chi connectivity index (χ3v) is 12.0. The number of benzene rings is 1. The van der Waals surface area contributed by atoms with Crippen LogP contribution in [0.3, 0.4) is 0 Å². The van der Waals surface area contributed by atoms with Crippen molar-refractivity contribution in [2.75, 3.05) is 0 Å². The summed E-state index contributed by atoms with van der Waals surface area (Å²) in [6.45, 7) is 15.1. The first-order valence-electron chi connectivity index (χ1n) is 15.3. The van der Waals surface area contributed by atoms with E-state index in [4.69, 9.17) is 4.98 Å². The van der Waals surface area contributed by atoms with Crippen LogP contribution in [0.1, 0.15) is 109 Å². The van der Waals surface area contributed by atoms with Gasteiger partial charge in [0.05, 0.1) is 5.52 Å². The summed E-state index contributed by atoms with van der Waals surface area (Å²) in [5, 5.41) is 1.35. The number of para-hydroxylation sites is 1. The minimum absolute atomic E-state index is 0.326. The molecule has 0 bridgehead atoms. The van der Waals surface area contributed by atoms with Gasteiger partial charge in [0.2, 0.25) is 0 Å². The predicted octanol–water partition coefficient (Wildman–Crippen LogP) is 9.80. The molecule has 0 radical (unpaired) electrons. The number of hydrogen-bond donors (Lipinski definition) is 0. The van der Waals surface area contributed by atoms with Crippen LogP contribution in [0.5, 0.6) is 0 Å². The predicted molar refractivity (Wildman–Crippen MR) is 154 cm³/mol. The lowest BCUT2D eigenvalue weighted by atomic mass is 9.46. The molecule has 1 aromatic carbocycles. The molecule has 2 aromatic rings. The Morgan fingerprint density at radius 1 is 0.972 bits per heavy atom. The molecule has 7 atom stereocenters. The Kier molecular flexibility index (Phi) is 6.17. The number of aryl methyl sites for hydroxylation is 2. The van der Waals surface area contributed by atoms with Gasteiger partial charge in [-0.3, -0.25) is 4.98 Å². The first-order chi connectivity index (χ1) is 17.2. The molecule has 0 aliphatic heterocycles.